The van der Waals surface area contributed by atoms with Crippen LogP contribution in [-0.4, -0.2) is 24.5 Å². The van der Waals surface area contributed by atoms with Gasteiger partial charge < -0.3 is 10.1 Å². The fraction of sp³-hybridized carbons (Fsp3) is 0.182. The van der Waals surface area contributed by atoms with Crippen LogP contribution < -0.4 is 10.1 Å². The van der Waals surface area contributed by atoms with Crippen LogP contribution >= 0.6 is 11.6 Å². The summed E-state index contributed by atoms with van der Waals surface area (Å²) >= 11 is 5.52. The number of methoxy groups -OCH3 is 1. The number of non-ortho nitro benzene ring substituents is 1. The van der Waals surface area contributed by atoms with Crippen molar-refractivity contribution in [2.24, 2.45) is 0 Å². The molecule has 0 aliphatic carbocycles. The Labute approximate surface area is 108 Å². The van der Waals surface area contributed by atoms with Crippen LogP contribution in [0.5, 0.6) is 5.75 Å². The summed E-state index contributed by atoms with van der Waals surface area (Å²) in [5.41, 5.74) is -0.115. The van der Waals surface area contributed by atoms with Crippen molar-refractivity contribution in [2.75, 3.05) is 13.7 Å². The van der Waals surface area contributed by atoms with Crippen LogP contribution in [0, 0.1) is 10.1 Å². The van der Waals surface area contributed by atoms with E-state index in [0.29, 0.717) is 0 Å². The second-order valence-corrected chi connectivity index (χ2v) is 3.88. The standard InChI is InChI=1S/C11H11ClN2O4/c1-7(12)6-13-11(15)9-5-8(14(16)17)3-4-10(9)18-2/h3-5H,1,6H2,2H3,(H,13,15). The highest BCUT2D eigenvalue weighted by Gasteiger charge is 2.17. The molecule has 0 radical (unpaired) electrons. The third-order valence-corrected chi connectivity index (χ3v) is 2.21. The lowest BCUT2D eigenvalue weighted by Crippen LogP contribution is -2.25. The molecule has 0 saturated heterocycles. The Balaban J connectivity index is 3.03. The highest BCUT2D eigenvalue weighted by atomic mass is 35.5. The first-order valence-corrected chi connectivity index (χ1v) is 5.27. The average Bonchev–Trinajstić information content (AvgIpc) is 2.34. The third kappa shape index (κ3) is 3.46. The van der Waals surface area contributed by atoms with Gasteiger partial charge in [-0.1, -0.05) is 18.2 Å². The van der Waals surface area contributed by atoms with Crippen LogP contribution in [0.4, 0.5) is 5.69 Å². The Kier molecular flexibility index (Phi) is 4.67. The van der Waals surface area contributed by atoms with E-state index in [1.807, 2.05) is 0 Å². The highest BCUT2D eigenvalue weighted by Crippen LogP contribution is 2.23. The van der Waals surface area contributed by atoms with Gasteiger partial charge in [0, 0.05) is 17.2 Å². The smallest absolute Gasteiger partial charge is 0.270 e. The number of rotatable bonds is 5. The maximum Gasteiger partial charge on any atom is 0.270 e. The summed E-state index contributed by atoms with van der Waals surface area (Å²) in [7, 11) is 1.37. The zero-order chi connectivity index (χ0) is 13.7. The Hall–Kier alpha value is -2.08. The van der Waals surface area contributed by atoms with Crippen molar-refractivity contribution in [2.45, 2.75) is 0 Å². The van der Waals surface area contributed by atoms with E-state index in [0.717, 1.165) is 6.07 Å². The largest absolute Gasteiger partial charge is 0.496 e. The third-order valence-electron chi connectivity index (χ3n) is 2.08. The van der Waals surface area contributed by atoms with E-state index < -0.39 is 10.8 Å². The summed E-state index contributed by atoms with van der Waals surface area (Å²) in [6.07, 6.45) is 0. The number of benzene rings is 1. The molecule has 1 rings (SSSR count). The molecule has 96 valence electrons. The number of nitro benzene ring substituents is 1. The Morgan fingerprint density at radius 1 is 1.61 bits per heavy atom. The monoisotopic (exact) mass is 270 g/mol. The van der Waals surface area contributed by atoms with Crippen molar-refractivity contribution in [3.8, 4) is 5.75 Å². The lowest BCUT2D eigenvalue weighted by molar-refractivity contribution is -0.384. The van der Waals surface area contributed by atoms with Gasteiger partial charge in [0.2, 0.25) is 0 Å². The van der Waals surface area contributed by atoms with Crippen molar-refractivity contribution in [3.05, 3.63) is 45.5 Å². The van der Waals surface area contributed by atoms with E-state index in [-0.39, 0.29) is 28.6 Å². The van der Waals surface area contributed by atoms with E-state index in [2.05, 4.69) is 11.9 Å². The zero-order valence-corrected chi connectivity index (χ0v) is 10.4. The first-order valence-electron chi connectivity index (χ1n) is 4.89. The number of hydrogen-bond acceptors (Lipinski definition) is 4. The predicted molar refractivity (Wildman–Crippen MR) is 67.0 cm³/mol. The number of amides is 1. The number of halogens is 1. The molecule has 1 aromatic carbocycles. The molecular formula is C11H11ClN2O4. The molecule has 0 unspecified atom stereocenters. The molecule has 1 amide bonds. The summed E-state index contributed by atoms with van der Waals surface area (Å²) in [4.78, 5) is 21.8. The maximum absolute atomic E-state index is 11.8. The zero-order valence-electron chi connectivity index (χ0n) is 9.60. The van der Waals surface area contributed by atoms with Gasteiger partial charge in [-0.2, -0.15) is 0 Å². The minimum absolute atomic E-state index is 0.0737. The second kappa shape index (κ2) is 6.02. The van der Waals surface area contributed by atoms with Gasteiger partial charge in [-0.25, -0.2) is 0 Å². The topological polar surface area (TPSA) is 81.5 Å². The fourth-order valence-corrected chi connectivity index (χ4v) is 1.33. The van der Waals surface area contributed by atoms with E-state index in [9.17, 15) is 14.9 Å². The van der Waals surface area contributed by atoms with E-state index in [1.54, 1.807) is 0 Å². The lowest BCUT2D eigenvalue weighted by Gasteiger charge is -2.08. The van der Waals surface area contributed by atoms with Crippen LogP contribution in [0.2, 0.25) is 0 Å². The van der Waals surface area contributed by atoms with Gasteiger partial charge in [0.05, 0.1) is 24.1 Å². The van der Waals surface area contributed by atoms with Gasteiger partial charge in [-0.05, 0) is 6.07 Å². The first-order chi connectivity index (χ1) is 8.45. The van der Waals surface area contributed by atoms with E-state index in [1.165, 1.54) is 19.2 Å². The van der Waals surface area contributed by atoms with Gasteiger partial charge in [0.1, 0.15) is 5.75 Å². The van der Waals surface area contributed by atoms with E-state index >= 15 is 0 Å². The Morgan fingerprint density at radius 2 is 2.28 bits per heavy atom. The highest BCUT2D eigenvalue weighted by molar-refractivity contribution is 6.29. The average molecular weight is 271 g/mol. The van der Waals surface area contributed by atoms with Gasteiger partial charge in [-0.3, -0.25) is 14.9 Å². The molecule has 0 fully saturated rings. The van der Waals surface area contributed by atoms with Gasteiger partial charge in [0.15, 0.2) is 0 Å². The van der Waals surface area contributed by atoms with Crippen molar-refractivity contribution in [3.63, 3.8) is 0 Å². The molecule has 0 aliphatic rings. The van der Waals surface area contributed by atoms with Gasteiger partial charge >= 0.3 is 0 Å². The van der Waals surface area contributed by atoms with Gasteiger partial charge in [0.25, 0.3) is 11.6 Å². The van der Waals surface area contributed by atoms with Crippen molar-refractivity contribution in [1.82, 2.24) is 5.32 Å². The number of nitrogens with zero attached hydrogens (tertiary/aromatic N) is 1. The summed E-state index contributed by atoms with van der Waals surface area (Å²) in [6.45, 7) is 3.50. The molecule has 0 bridgehead atoms. The lowest BCUT2D eigenvalue weighted by atomic mass is 10.1. The van der Waals surface area contributed by atoms with Crippen molar-refractivity contribution >= 4 is 23.2 Å². The molecule has 7 heteroatoms. The Bertz CT molecular complexity index is 502. The van der Waals surface area contributed by atoms with Crippen LogP contribution in [0.3, 0.4) is 0 Å². The second-order valence-electron chi connectivity index (χ2n) is 3.34. The molecule has 0 atom stereocenters. The molecule has 0 aliphatic heterocycles. The predicted octanol–water partition coefficient (Wildman–Crippen LogP) is 2.09. The van der Waals surface area contributed by atoms with Crippen molar-refractivity contribution < 1.29 is 14.5 Å². The maximum atomic E-state index is 11.8. The quantitative estimate of drug-likeness (QED) is 0.656. The molecule has 18 heavy (non-hydrogen) atoms. The number of nitrogens with one attached hydrogen (secondary N) is 1. The van der Waals surface area contributed by atoms with Crippen molar-refractivity contribution in [1.29, 1.82) is 0 Å². The normalized spacial score (nSPS) is 9.67. The fourth-order valence-electron chi connectivity index (χ4n) is 1.26. The van der Waals surface area contributed by atoms with Crippen LogP contribution in [0.25, 0.3) is 0 Å². The van der Waals surface area contributed by atoms with Crippen LogP contribution in [0.15, 0.2) is 29.8 Å². The minimum Gasteiger partial charge on any atom is -0.496 e. The SMILES string of the molecule is C=C(Cl)CNC(=O)c1cc([N+](=O)[O-])ccc1OC. The van der Waals surface area contributed by atoms with Gasteiger partial charge in [-0.15, -0.1) is 0 Å². The molecule has 6 nitrogen and oxygen atoms in total. The molecule has 1 N–H and O–H groups in total. The summed E-state index contributed by atoms with van der Waals surface area (Å²) in [5, 5.41) is 13.4. The van der Waals surface area contributed by atoms with Crippen LogP contribution in [0.1, 0.15) is 10.4 Å². The molecule has 0 saturated carbocycles. The molecule has 0 aromatic heterocycles. The summed E-state index contributed by atoms with van der Waals surface area (Å²) in [5.74, 6) is -0.268. The number of carbonyl (C=O) groups is 1. The molecule has 0 spiro atoms. The number of hydrogen-bond donors (Lipinski definition) is 1. The molecule has 1 aromatic rings. The summed E-state index contributed by atoms with van der Waals surface area (Å²) < 4.78 is 4.97. The molecule has 0 heterocycles. The number of carbonyl (C=O) groups excluding carboxylic acids is 1. The summed E-state index contributed by atoms with van der Waals surface area (Å²) in [6, 6.07) is 3.77. The number of nitro groups is 1. The van der Waals surface area contributed by atoms with E-state index in [4.69, 9.17) is 16.3 Å². The van der Waals surface area contributed by atoms with Crippen LogP contribution in [-0.2, 0) is 0 Å². The first kappa shape index (κ1) is 14.0. The molecular weight excluding hydrogens is 260 g/mol. The Morgan fingerprint density at radius 3 is 2.78 bits per heavy atom. The minimum atomic E-state index is -0.587. The number of ether oxygens (including phenoxy) is 1.